The van der Waals surface area contributed by atoms with Gasteiger partial charge in [0.15, 0.2) is 0 Å². The molecular weight excluding hydrogens is 396 g/mol. The molecule has 0 bridgehead atoms. The molecule has 4 heterocycles. The van der Waals surface area contributed by atoms with Crippen LogP contribution in [0.1, 0.15) is 56.8 Å². The smallest absolute Gasteiger partial charge is 0.146 e. The summed E-state index contributed by atoms with van der Waals surface area (Å²) in [4.78, 5) is 17.9. The largest absolute Gasteiger partial charge is 0.373 e. The molecule has 5 rings (SSSR count). The number of aromatic nitrogens is 2. The van der Waals surface area contributed by atoms with Crippen molar-refractivity contribution in [3.8, 4) is 0 Å². The van der Waals surface area contributed by atoms with Gasteiger partial charge in [0.25, 0.3) is 0 Å². The zero-order chi connectivity index (χ0) is 20.8. The molecule has 30 heavy (non-hydrogen) atoms. The minimum atomic E-state index is 0.220. The van der Waals surface area contributed by atoms with Gasteiger partial charge in [0.05, 0.1) is 36.3 Å². The Bertz CT molecular complexity index is 896. The Kier molecular flexibility index (Phi) is 5.73. The van der Waals surface area contributed by atoms with Gasteiger partial charge in [-0.2, -0.15) is 0 Å². The molecule has 2 aliphatic heterocycles. The fraction of sp³-hybridized carbons (Fsp3) is 0.739. The van der Waals surface area contributed by atoms with Crippen molar-refractivity contribution in [3.05, 3.63) is 16.3 Å². The SMILES string of the molecule is C[C@@H]1CN(Cc2nc(N3C[C@@H](C)O[C@@H](C)C3)c3c4c(sc3n2)CCCC4)C[C@@H](C)O1. The quantitative estimate of drug-likeness (QED) is 0.738. The maximum Gasteiger partial charge on any atom is 0.146 e. The van der Waals surface area contributed by atoms with Crippen LogP contribution in [0.5, 0.6) is 0 Å². The normalized spacial score (nSPS) is 30.6. The van der Waals surface area contributed by atoms with E-state index >= 15 is 0 Å². The average Bonchev–Trinajstić information content (AvgIpc) is 3.04. The number of morpholine rings is 2. The number of ether oxygens (including phenoxy) is 2. The number of anilines is 1. The number of hydrogen-bond donors (Lipinski definition) is 0. The van der Waals surface area contributed by atoms with E-state index in [1.54, 1.807) is 0 Å². The summed E-state index contributed by atoms with van der Waals surface area (Å²) in [6.45, 7) is 13.1. The molecular formula is C23H34N4O2S. The summed E-state index contributed by atoms with van der Waals surface area (Å²) in [5.41, 5.74) is 1.52. The van der Waals surface area contributed by atoms with E-state index in [0.29, 0.717) is 0 Å². The van der Waals surface area contributed by atoms with Crippen LogP contribution >= 0.6 is 11.3 Å². The van der Waals surface area contributed by atoms with Crippen molar-refractivity contribution >= 4 is 27.4 Å². The molecule has 0 unspecified atom stereocenters. The molecule has 2 saturated heterocycles. The molecule has 1 aliphatic carbocycles. The lowest BCUT2D eigenvalue weighted by Crippen LogP contribution is -2.46. The van der Waals surface area contributed by atoms with Crippen molar-refractivity contribution in [1.82, 2.24) is 14.9 Å². The molecule has 2 fully saturated rings. The Morgan fingerprint density at radius 3 is 2.20 bits per heavy atom. The van der Waals surface area contributed by atoms with Gasteiger partial charge in [0.1, 0.15) is 16.5 Å². The van der Waals surface area contributed by atoms with Crippen LogP contribution in [0.2, 0.25) is 0 Å². The third kappa shape index (κ3) is 4.09. The lowest BCUT2D eigenvalue weighted by molar-refractivity contribution is -0.0710. The maximum absolute atomic E-state index is 6.01. The summed E-state index contributed by atoms with van der Waals surface area (Å²) in [6, 6.07) is 0. The van der Waals surface area contributed by atoms with E-state index in [2.05, 4.69) is 37.5 Å². The topological polar surface area (TPSA) is 50.7 Å². The van der Waals surface area contributed by atoms with Gasteiger partial charge in [-0.25, -0.2) is 9.97 Å². The number of hydrogen-bond acceptors (Lipinski definition) is 7. The molecule has 164 valence electrons. The predicted molar refractivity (Wildman–Crippen MR) is 122 cm³/mol. The summed E-state index contributed by atoms with van der Waals surface area (Å²) < 4.78 is 11.9. The van der Waals surface area contributed by atoms with Gasteiger partial charge in [-0.1, -0.05) is 0 Å². The molecule has 0 N–H and O–H groups in total. The van der Waals surface area contributed by atoms with Gasteiger partial charge >= 0.3 is 0 Å². The van der Waals surface area contributed by atoms with E-state index in [1.807, 2.05) is 11.3 Å². The lowest BCUT2D eigenvalue weighted by atomic mass is 9.96. The summed E-state index contributed by atoms with van der Waals surface area (Å²) in [6.07, 6.45) is 5.89. The molecule has 0 aromatic carbocycles. The fourth-order valence-corrected chi connectivity index (χ4v) is 6.72. The van der Waals surface area contributed by atoms with Gasteiger partial charge in [0, 0.05) is 31.1 Å². The van der Waals surface area contributed by atoms with Crippen LogP contribution in [-0.2, 0) is 28.9 Å². The number of aryl methyl sites for hydroxylation is 2. The molecule has 0 spiro atoms. The van der Waals surface area contributed by atoms with Crippen LogP contribution < -0.4 is 4.90 Å². The average molecular weight is 431 g/mol. The van der Waals surface area contributed by atoms with Crippen LogP contribution in [0.25, 0.3) is 10.2 Å². The highest BCUT2D eigenvalue weighted by Crippen LogP contribution is 2.40. The van der Waals surface area contributed by atoms with E-state index in [-0.39, 0.29) is 24.4 Å². The summed E-state index contributed by atoms with van der Waals surface area (Å²) in [7, 11) is 0. The highest BCUT2D eigenvalue weighted by Gasteiger charge is 2.29. The Labute approximate surface area is 183 Å². The Morgan fingerprint density at radius 1 is 0.867 bits per heavy atom. The molecule has 7 heteroatoms. The molecule has 2 aromatic rings. The third-order valence-corrected chi connectivity index (χ3v) is 7.61. The molecule has 4 atom stereocenters. The third-order valence-electron chi connectivity index (χ3n) is 6.42. The molecule has 0 saturated carbocycles. The number of rotatable bonds is 3. The minimum Gasteiger partial charge on any atom is -0.373 e. The molecule has 0 amide bonds. The van der Waals surface area contributed by atoms with Crippen LogP contribution in [0, 0.1) is 0 Å². The second-order valence-electron chi connectivity index (χ2n) is 9.47. The lowest BCUT2D eigenvalue weighted by Gasteiger charge is -2.37. The van der Waals surface area contributed by atoms with Gasteiger partial charge in [-0.05, 0) is 58.9 Å². The predicted octanol–water partition coefficient (Wildman–Crippen LogP) is 3.79. The van der Waals surface area contributed by atoms with Crippen molar-refractivity contribution in [2.45, 2.75) is 84.3 Å². The molecule has 3 aliphatic rings. The Morgan fingerprint density at radius 2 is 1.50 bits per heavy atom. The summed E-state index contributed by atoms with van der Waals surface area (Å²) >= 11 is 1.90. The van der Waals surface area contributed by atoms with Crippen molar-refractivity contribution in [1.29, 1.82) is 0 Å². The number of thiophene rings is 1. The van der Waals surface area contributed by atoms with Crippen LogP contribution in [0.3, 0.4) is 0 Å². The first kappa shape index (κ1) is 20.6. The summed E-state index contributed by atoms with van der Waals surface area (Å²) in [5, 5.41) is 1.32. The molecule has 0 radical (unpaired) electrons. The number of fused-ring (bicyclic) bond motifs is 3. The zero-order valence-corrected chi connectivity index (χ0v) is 19.5. The van der Waals surface area contributed by atoms with Crippen LogP contribution in [0.15, 0.2) is 0 Å². The zero-order valence-electron chi connectivity index (χ0n) is 18.7. The Hall–Kier alpha value is -1.28. The first-order valence-corrected chi connectivity index (χ1v) is 12.4. The van der Waals surface area contributed by atoms with Gasteiger partial charge < -0.3 is 14.4 Å². The van der Waals surface area contributed by atoms with E-state index < -0.39 is 0 Å². The van der Waals surface area contributed by atoms with Crippen molar-refractivity contribution in [2.75, 3.05) is 31.1 Å². The minimum absolute atomic E-state index is 0.220. The van der Waals surface area contributed by atoms with Crippen molar-refractivity contribution in [3.63, 3.8) is 0 Å². The maximum atomic E-state index is 6.01. The van der Waals surface area contributed by atoms with E-state index in [1.165, 1.54) is 46.3 Å². The van der Waals surface area contributed by atoms with E-state index in [0.717, 1.165) is 44.4 Å². The monoisotopic (exact) mass is 430 g/mol. The first-order chi connectivity index (χ1) is 14.5. The van der Waals surface area contributed by atoms with Crippen molar-refractivity contribution < 1.29 is 9.47 Å². The van der Waals surface area contributed by atoms with Crippen molar-refractivity contribution in [2.24, 2.45) is 0 Å². The van der Waals surface area contributed by atoms with E-state index in [9.17, 15) is 0 Å². The second kappa shape index (κ2) is 8.34. The highest BCUT2D eigenvalue weighted by atomic mass is 32.1. The van der Waals surface area contributed by atoms with E-state index in [4.69, 9.17) is 19.4 Å². The standard InChI is InChI=1S/C23H34N4O2S/c1-14-9-26(10-15(2)28-14)13-20-24-22(27-11-16(3)29-17(4)12-27)21-18-7-5-6-8-19(18)30-23(21)25-20/h14-17H,5-13H2,1-4H3/t14-,15-,16-,17+/m1/s1. The van der Waals surface area contributed by atoms with Gasteiger partial charge in [0.2, 0.25) is 0 Å². The molecule has 2 aromatic heterocycles. The Balaban J connectivity index is 1.54. The number of nitrogens with zero attached hydrogens (tertiary/aromatic N) is 4. The van der Waals surface area contributed by atoms with Gasteiger partial charge in [-0.15, -0.1) is 11.3 Å². The summed E-state index contributed by atoms with van der Waals surface area (Å²) in [5.74, 6) is 2.09. The molecule has 6 nitrogen and oxygen atoms in total. The second-order valence-corrected chi connectivity index (χ2v) is 10.6. The van der Waals surface area contributed by atoms with Crippen LogP contribution in [-0.4, -0.2) is 65.5 Å². The van der Waals surface area contributed by atoms with Gasteiger partial charge in [-0.3, -0.25) is 4.90 Å². The fourth-order valence-electron chi connectivity index (χ4n) is 5.45. The highest BCUT2D eigenvalue weighted by molar-refractivity contribution is 7.19. The first-order valence-electron chi connectivity index (χ1n) is 11.6. The van der Waals surface area contributed by atoms with Crippen LogP contribution in [0.4, 0.5) is 5.82 Å².